The molecule has 0 radical (unpaired) electrons. The highest BCUT2D eigenvalue weighted by Gasteiger charge is 2.27. The van der Waals surface area contributed by atoms with Crippen molar-refractivity contribution in [3.05, 3.63) is 83.6 Å². The van der Waals surface area contributed by atoms with Gasteiger partial charge >= 0.3 is 5.97 Å². The minimum Gasteiger partial charge on any atom is -0.465 e. The van der Waals surface area contributed by atoms with Crippen molar-refractivity contribution in [1.29, 1.82) is 0 Å². The maximum Gasteiger partial charge on any atom is 0.337 e. The molecule has 0 saturated carbocycles. The molecule has 6 nitrogen and oxygen atoms in total. The fourth-order valence-corrected chi connectivity index (χ4v) is 3.77. The number of nitrogens with zero attached hydrogens (tertiary/aromatic N) is 4. The topological polar surface area (TPSA) is 50.6 Å². The van der Waals surface area contributed by atoms with Crippen molar-refractivity contribution in [2.45, 2.75) is 13.8 Å². The summed E-state index contributed by atoms with van der Waals surface area (Å²) in [6.07, 6.45) is 3.81. The number of benzene rings is 2. The number of hydrazine groups is 1. The molecule has 1 aromatic heterocycles. The molecule has 1 aliphatic rings. The second-order valence-corrected chi connectivity index (χ2v) is 7.19. The number of rotatable bonds is 4. The van der Waals surface area contributed by atoms with Gasteiger partial charge < -0.3 is 9.30 Å². The molecule has 0 atom stereocenters. The average Bonchev–Trinajstić information content (AvgIpc) is 3.32. The van der Waals surface area contributed by atoms with E-state index in [0.29, 0.717) is 5.56 Å². The average molecular weight is 388 g/mol. The van der Waals surface area contributed by atoms with E-state index in [1.54, 1.807) is 12.4 Å². The molecule has 148 valence electrons. The molecule has 0 saturated heterocycles. The fourth-order valence-electron chi connectivity index (χ4n) is 3.77. The van der Waals surface area contributed by atoms with Crippen LogP contribution in [-0.4, -0.2) is 41.2 Å². The number of anilines is 1. The number of esters is 1. The highest BCUT2D eigenvalue weighted by Crippen LogP contribution is 2.33. The number of para-hydroxylation sites is 1. The van der Waals surface area contributed by atoms with Gasteiger partial charge in [0.25, 0.3) is 0 Å². The van der Waals surface area contributed by atoms with Crippen molar-refractivity contribution in [3.63, 3.8) is 0 Å². The molecule has 3 aromatic rings. The van der Waals surface area contributed by atoms with Gasteiger partial charge in [-0.3, -0.25) is 5.01 Å². The quantitative estimate of drug-likeness (QED) is 0.631. The zero-order valence-corrected chi connectivity index (χ0v) is 17.1. The number of carbonyl (C=O) groups is 1. The smallest absolute Gasteiger partial charge is 0.337 e. The Kier molecular flexibility index (Phi) is 4.94. The van der Waals surface area contributed by atoms with Crippen LogP contribution >= 0.6 is 0 Å². The van der Waals surface area contributed by atoms with E-state index in [9.17, 15) is 4.79 Å². The lowest BCUT2D eigenvalue weighted by atomic mass is 10.1. The first-order valence-corrected chi connectivity index (χ1v) is 9.49. The maximum absolute atomic E-state index is 11.9. The molecule has 2 heterocycles. The first-order valence-electron chi connectivity index (χ1n) is 9.49. The molecule has 0 bridgehead atoms. The van der Waals surface area contributed by atoms with Crippen LogP contribution in [0.15, 0.2) is 66.8 Å². The number of allylic oxidation sites excluding steroid dienone is 1. The van der Waals surface area contributed by atoms with Crippen LogP contribution in [0.5, 0.6) is 0 Å². The molecule has 2 aromatic carbocycles. The van der Waals surface area contributed by atoms with Gasteiger partial charge in [-0.25, -0.2) is 14.8 Å². The van der Waals surface area contributed by atoms with Gasteiger partial charge in [0, 0.05) is 31.1 Å². The van der Waals surface area contributed by atoms with Gasteiger partial charge in [-0.2, -0.15) is 0 Å². The standard InChI is InChI=1S/C23H24N4O2/c1-16-10-11-18(23(28)29-4)12-22(16)26-14-21(24-15-26)20-13-25(3)27(17(20)2)19-8-6-5-7-9-19/h5-12,14-15H,13H2,1-4H3. The lowest BCUT2D eigenvalue weighted by molar-refractivity contribution is 0.0600. The monoisotopic (exact) mass is 388 g/mol. The van der Waals surface area contributed by atoms with E-state index in [0.717, 1.165) is 34.9 Å². The summed E-state index contributed by atoms with van der Waals surface area (Å²) in [5, 5.41) is 4.39. The molecular formula is C23H24N4O2. The van der Waals surface area contributed by atoms with E-state index in [1.165, 1.54) is 12.7 Å². The summed E-state index contributed by atoms with van der Waals surface area (Å²) in [5.41, 5.74) is 6.88. The Labute approximate surface area is 170 Å². The van der Waals surface area contributed by atoms with Gasteiger partial charge in [0.15, 0.2) is 0 Å². The summed E-state index contributed by atoms with van der Waals surface area (Å²) in [4.78, 5) is 16.6. The third kappa shape index (κ3) is 3.43. The maximum atomic E-state index is 11.9. The number of carbonyl (C=O) groups excluding carboxylic acids is 1. The summed E-state index contributed by atoms with van der Waals surface area (Å²) in [6.45, 7) is 4.91. The van der Waals surface area contributed by atoms with Gasteiger partial charge in [-0.15, -0.1) is 0 Å². The highest BCUT2D eigenvalue weighted by molar-refractivity contribution is 5.90. The summed E-state index contributed by atoms with van der Waals surface area (Å²) in [7, 11) is 3.46. The zero-order valence-electron chi connectivity index (χ0n) is 17.1. The van der Waals surface area contributed by atoms with Crippen molar-refractivity contribution >= 4 is 17.2 Å². The normalized spacial score (nSPS) is 14.6. The van der Waals surface area contributed by atoms with E-state index in [2.05, 4.69) is 41.1 Å². The Morgan fingerprint density at radius 2 is 1.86 bits per heavy atom. The number of methoxy groups -OCH3 is 1. The van der Waals surface area contributed by atoms with Crippen LogP contribution in [0, 0.1) is 6.92 Å². The Morgan fingerprint density at radius 1 is 1.10 bits per heavy atom. The van der Waals surface area contributed by atoms with Crippen LogP contribution in [-0.2, 0) is 4.74 Å². The van der Waals surface area contributed by atoms with Crippen LogP contribution < -0.4 is 5.01 Å². The number of hydrogen-bond donors (Lipinski definition) is 0. The van der Waals surface area contributed by atoms with Crippen LogP contribution in [0.2, 0.25) is 0 Å². The van der Waals surface area contributed by atoms with Crippen LogP contribution in [0.3, 0.4) is 0 Å². The summed E-state index contributed by atoms with van der Waals surface area (Å²) >= 11 is 0. The predicted octanol–water partition coefficient (Wildman–Crippen LogP) is 4.07. The third-order valence-electron chi connectivity index (χ3n) is 5.28. The van der Waals surface area contributed by atoms with Crippen molar-refractivity contribution < 1.29 is 9.53 Å². The second kappa shape index (κ2) is 7.56. The van der Waals surface area contributed by atoms with E-state index in [1.807, 2.05) is 48.0 Å². The Bertz CT molecular complexity index is 1090. The second-order valence-electron chi connectivity index (χ2n) is 7.19. The van der Waals surface area contributed by atoms with Gasteiger partial charge in [-0.05, 0) is 43.7 Å². The molecule has 0 unspecified atom stereocenters. The number of hydrogen-bond acceptors (Lipinski definition) is 5. The number of aryl methyl sites for hydroxylation is 1. The van der Waals surface area contributed by atoms with Crippen molar-refractivity contribution in [2.24, 2.45) is 0 Å². The lowest BCUT2D eigenvalue weighted by Gasteiger charge is -2.27. The van der Waals surface area contributed by atoms with Gasteiger partial charge in [0.2, 0.25) is 0 Å². The van der Waals surface area contributed by atoms with E-state index >= 15 is 0 Å². The van der Waals surface area contributed by atoms with Crippen molar-refractivity contribution in [3.8, 4) is 5.69 Å². The van der Waals surface area contributed by atoms with Crippen molar-refractivity contribution in [2.75, 3.05) is 25.7 Å². The molecule has 0 amide bonds. The highest BCUT2D eigenvalue weighted by atomic mass is 16.5. The van der Waals surface area contributed by atoms with Gasteiger partial charge in [-0.1, -0.05) is 24.3 Å². The molecule has 29 heavy (non-hydrogen) atoms. The Morgan fingerprint density at radius 3 is 2.59 bits per heavy atom. The predicted molar refractivity (Wildman–Crippen MR) is 114 cm³/mol. The summed E-state index contributed by atoms with van der Waals surface area (Å²) in [6, 6.07) is 15.8. The molecule has 4 rings (SSSR count). The number of likely N-dealkylation sites (N-methyl/N-ethyl adjacent to an activating group) is 1. The molecule has 6 heteroatoms. The van der Waals surface area contributed by atoms with E-state index < -0.39 is 0 Å². The number of aromatic nitrogens is 2. The third-order valence-corrected chi connectivity index (χ3v) is 5.28. The fraction of sp³-hybridized carbons (Fsp3) is 0.217. The minimum absolute atomic E-state index is 0.346. The number of imidazole rings is 1. The molecule has 0 fully saturated rings. The lowest BCUT2D eigenvalue weighted by Crippen LogP contribution is -2.33. The largest absolute Gasteiger partial charge is 0.465 e. The van der Waals surface area contributed by atoms with Gasteiger partial charge in [0.05, 0.1) is 36.1 Å². The van der Waals surface area contributed by atoms with Crippen molar-refractivity contribution in [1.82, 2.24) is 14.6 Å². The number of ether oxygens (including phenoxy) is 1. The first-order chi connectivity index (χ1) is 14.0. The molecule has 0 spiro atoms. The first kappa shape index (κ1) is 19.0. The molecular weight excluding hydrogens is 364 g/mol. The Hall–Kier alpha value is -3.38. The van der Waals surface area contributed by atoms with Crippen LogP contribution in [0.4, 0.5) is 5.69 Å². The minimum atomic E-state index is -0.346. The van der Waals surface area contributed by atoms with Crippen LogP contribution in [0.25, 0.3) is 11.3 Å². The van der Waals surface area contributed by atoms with Gasteiger partial charge in [0.1, 0.15) is 0 Å². The van der Waals surface area contributed by atoms with E-state index in [4.69, 9.17) is 4.74 Å². The molecule has 0 aliphatic carbocycles. The summed E-state index contributed by atoms with van der Waals surface area (Å²) < 4.78 is 6.81. The molecule has 0 N–H and O–H groups in total. The van der Waals surface area contributed by atoms with Crippen LogP contribution in [0.1, 0.15) is 28.5 Å². The zero-order chi connectivity index (χ0) is 20.5. The SMILES string of the molecule is COC(=O)c1ccc(C)c(-n2cnc(C3=C(C)N(c4ccccc4)N(C)C3)c2)c1. The van der Waals surface area contributed by atoms with E-state index in [-0.39, 0.29) is 5.97 Å². The Balaban J connectivity index is 1.70. The summed E-state index contributed by atoms with van der Waals surface area (Å²) in [5.74, 6) is -0.346. The molecule has 1 aliphatic heterocycles.